The molecule has 0 radical (unpaired) electrons. The van der Waals surface area contributed by atoms with Gasteiger partial charge in [0.25, 0.3) is 5.56 Å². The molecule has 23 heavy (non-hydrogen) atoms. The molecule has 0 saturated heterocycles. The van der Waals surface area contributed by atoms with Gasteiger partial charge >= 0.3 is 29.6 Å². The Hall–Kier alpha value is -0.740. The van der Waals surface area contributed by atoms with Crippen LogP contribution in [0.2, 0.25) is 0 Å². The Morgan fingerprint density at radius 2 is 2.30 bits per heavy atom. The van der Waals surface area contributed by atoms with Crippen molar-refractivity contribution in [3.05, 3.63) is 16.7 Å². The summed E-state index contributed by atoms with van der Waals surface area (Å²) in [5.41, 5.74) is 3.96. The Balaban J connectivity index is 0.00000192. The average Bonchev–Trinajstić information content (AvgIpc) is 2.90. The van der Waals surface area contributed by atoms with E-state index in [2.05, 4.69) is 15.0 Å². The summed E-state index contributed by atoms with van der Waals surface area (Å²) in [7, 11) is -4.56. The first-order valence-corrected chi connectivity index (χ1v) is 8.41. The number of nitrogens with one attached hydrogen (secondary N) is 1. The van der Waals surface area contributed by atoms with Gasteiger partial charge in [0, 0.05) is 12.2 Å². The maximum Gasteiger partial charge on any atom is 1.00 e. The van der Waals surface area contributed by atoms with Crippen molar-refractivity contribution in [2.45, 2.75) is 30.9 Å². The third kappa shape index (κ3) is 3.85. The van der Waals surface area contributed by atoms with Crippen LogP contribution in [0.4, 0.5) is 5.95 Å². The largest absolute Gasteiger partial charge is 1.00 e. The van der Waals surface area contributed by atoms with E-state index in [-0.39, 0.29) is 65.6 Å². The fourth-order valence-electron chi connectivity index (χ4n) is 3.04. The number of aliphatic hydroxyl groups is 1. The summed E-state index contributed by atoms with van der Waals surface area (Å²) < 4.78 is 12.6. The number of rotatable bonds is 3. The number of hydrogen-bond donors (Lipinski definition) is 4. The summed E-state index contributed by atoms with van der Waals surface area (Å²) in [6.45, 7) is 0. The topological polar surface area (TPSA) is 170 Å². The van der Waals surface area contributed by atoms with Gasteiger partial charge in [-0.25, -0.2) is 4.98 Å². The molecular formula is C11H15N5NaO5P. The minimum absolute atomic E-state index is 0. The van der Waals surface area contributed by atoms with E-state index in [0.29, 0.717) is 6.42 Å². The van der Waals surface area contributed by atoms with Crippen LogP contribution in [0, 0.1) is 0 Å². The van der Waals surface area contributed by atoms with Crippen molar-refractivity contribution in [2.75, 3.05) is 11.9 Å². The van der Waals surface area contributed by atoms with Crippen molar-refractivity contribution < 1.29 is 49.0 Å². The number of H-pyrrole nitrogens is 1. The minimum atomic E-state index is -4.56. The van der Waals surface area contributed by atoms with E-state index in [1.807, 2.05) is 0 Å². The first-order valence-electron chi connectivity index (χ1n) is 6.64. The summed E-state index contributed by atoms with van der Waals surface area (Å²) in [5.74, 6) is -0.0491. The number of fused-ring (bicyclic) bond motifs is 1. The van der Waals surface area contributed by atoms with Crippen LogP contribution in [0.5, 0.6) is 0 Å². The first-order chi connectivity index (χ1) is 10.2. The molecule has 0 bridgehead atoms. The van der Waals surface area contributed by atoms with E-state index in [0.717, 1.165) is 0 Å². The van der Waals surface area contributed by atoms with Gasteiger partial charge in [-0.05, 0) is 19.3 Å². The van der Waals surface area contributed by atoms with Gasteiger partial charge in [0.15, 0.2) is 11.2 Å². The van der Waals surface area contributed by atoms with Crippen molar-refractivity contribution in [3.8, 4) is 0 Å². The van der Waals surface area contributed by atoms with E-state index in [9.17, 15) is 19.4 Å². The molecule has 1 aliphatic rings. The predicted octanol–water partition coefficient (Wildman–Crippen LogP) is -4.29. The minimum Gasteiger partial charge on any atom is -0.779 e. The fraction of sp³-hybridized carbons (Fsp3) is 0.545. The molecule has 0 spiro atoms. The second kappa shape index (κ2) is 6.29. The van der Waals surface area contributed by atoms with E-state index in [4.69, 9.17) is 10.6 Å². The normalized spacial score (nSPS) is 26.8. The summed E-state index contributed by atoms with van der Waals surface area (Å²) in [4.78, 5) is 42.1. The van der Waals surface area contributed by atoms with Crippen LogP contribution in [0.15, 0.2) is 11.1 Å². The van der Waals surface area contributed by atoms with Gasteiger partial charge in [-0.15, -0.1) is 0 Å². The summed E-state index contributed by atoms with van der Waals surface area (Å²) in [6, 6.07) is -0.282. The van der Waals surface area contributed by atoms with Gasteiger partial charge in [0.2, 0.25) is 5.95 Å². The van der Waals surface area contributed by atoms with Gasteiger partial charge in [-0.1, -0.05) is 0 Å². The van der Waals surface area contributed by atoms with E-state index in [1.54, 1.807) is 4.57 Å². The van der Waals surface area contributed by atoms with Crippen molar-refractivity contribution in [1.82, 2.24) is 19.5 Å². The van der Waals surface area contributed by atoms with Crippen LogP contribution in [-0.2, 0) is 4.57 Å². The standard InChI is InChI=1S/C11H16N5O5P.Na/c12-10-14-8-7(9(17)15-10)13-5-16(8)6-1-2-11(18,3-6)4-22(19,20)21;/h5-6,18H,1-4H2,(H2,19,20,21)(H3,12,14,15,17);/q;+1/p-1/t6-,11-;/m1./s1. The maximum absolute atomic E-state index is 11.7. The molecule has 0 aliphatic heterocycles. The van der Waals surface area contributed by atoms with Gasteiger partial charge in [-0.2, -0.15) is 4.98 Å². The molecular weight excluding hydrogens is 336 g/mol. The summed E-state index contributed by atoms with van der Waals surface area (Å²) in [5, 5.41) is 10.3. The third-order valence-electron chi connectivity index (χ3n) is 3.90. The Labute approximate surface area is 152 Å². The Morgan fingerprint density at radius 3 is 2.96 bits per heavy atom. The number of anilines is 1. The van der Waals surface area contributed by atoms with Gasteiger partial charge in [0.05, 0.1) is 11.9 Å². The zero-order chi connectivity index (χ0) is 16.1. The number of imidazole rings is 1. The average molecular weight is 351 g/mol. The van der Waals surface area contributed by atoms with Crippen molar-refractivity contribution in [1.29, 1.82) is 0 Å². The maximum atomic E-state index is 11.7. The second-order valence-electron chi connectivity index (χ2n) is 5.69. The molecule has 2 aromatic heterocycles. The number of aromatic amines is 1. The SMILES string of the molecule is Nc1nc2c(ncn2[C@@H]2CC[C@](O)(CP(=O)([O-])O)C2)c(=O)[nH]1.[Na+]. The number of nitrogens with zero attached hydrogens (tertiary/aromatic N) is 3. The Morgan fingerprint density at radius 1 is 1.61 bits per heavy atom. The van der Waals surface area contributed by atoms with Crippen LogP contribution in [0.3, 0.4) is 0 Å². The molecule has 0 amide bonds. The van der Waals surface area contributed by atoms with Crippen molar-refractivity contribution in [2.24, 2.45) is 0 Å². The number of hydrogen-bond acceptors (Lipinski definition) is 7. The molecule has 0 aromatic carbocycles. The molecule has 120 valence electrons. The van der Waals surface area contributed by atoms with E-state index < -0.39 is 24.9 Å². The molecule has 1 saturated carbocycles. The summed E-state index contributed by atoms with van der Waals surface area (Å²) >= 11 is 0. The van der Waals surface area contributed by atoms with Crippen molar-refractivity contribution >= 4 is 24.7 Å². The zero-order valence-electron chi connectivity index (χ0n) is 12.5. The third-order valence-corrected chi connectivity index (χ3v) is 4.88. The molecule has 3 atom stereocenters. The van der Waals surface area contributed by atoms with E-state index in [1.165, 1.54) is 6.33 Å². The van der Waals surface area contributed by atoms with Crippen LogP contribution in [-0.4, -0.2) is 41.3 Å². The molecule has 1 aliphatic carbocycles. The quantitative estimate of drug-likeness (QED) is 0.318. The molecule has 5 N–H and O–H groups in total. The van der Waals surface area contributed by atoms with Gasteiger partial charge < -0.3 is 29.8 Å². The predicted molar refractivity (Wildman–Crippen MR) is 75.1 cm³/mol. The monoisotopic (exact) mass is 351 g/mol. The number of nitrogen functional groups attached to an aromatic ring is 1. The second-order valence-corrected chi connectivity index (χ2v) is 7.28. The first kappa shape index (κ1) is 18.6. The molecule has 12 heteroatoms. The van der Waals surface area contributed by atoms with Crippen molar-refractivity contribution in [3.63, 3.8) is 0 Å². The smallest absolute Gasteiger partial charge is 0.779 e. The number of nitrogens with two attached hydrogens (primary N) is 1. The zero-order valence-corrected chi connectivity index (χ0v) is 15.4. The summed E-state index contributed by atoms with van der Waals surface area (Å²) in [6.07, 6.45) is 1.51. The van der Waals surface area contributed by atoms with Crippen LogP contribution < -0.4 is 45.7 Å². The molecule has 2 aromatic rings. The van der Waals surface area contributed by atoms with Gasteiger partial charge in [-0.3, -0.25) is 9.78 Å². The Bertz CT molecular complexity index is 832. The fourth-order valence-corrected chi connectivity index (χ4v) is 4.07. The van der Waals surface area contributed by atoms with E-state index >= 15 is 0 Å². The molecule has 1 fully saturated rings. The molecule has 10 nitrogen and oxygen atoms in total. The molecule has 1 unspecified atom stereocenters. The van der Waals surface area contributed by atoms with Gasteiger partial charge in [0.1, 0.15) is 7.60 Å². The molecule has 3 rings (SSSR count). The Kier molecular flexibility index (Phi) is 5.08. The van der Waals surface area contributed by atoms with Crippen LogP contribution in [0.25, 0.3) is 11.2 Å². The van der Waals surface area contributed by atoms with Crippen LogP contribution in [0.1, 0.15) is 25.3 Å². The van der Waals surface area contributed by atoms with Crippen LogP contribution >= 0.6 is 7.60 Å². The number of aromatic nitrogens is 4. The molecule has 2 heterocycles.